The van der Waals surface area contributed by atoms with Crippen molar-refractivity contribution in [3.8, 4) is 11.3 Å². The summed E-state index contributed by atoms with van der Waals surface area (Å²) in [7, 11) is 1.90. The van der Waals surface area contributed by atoms with E-state index in [1.165, 1.54) is 0 Å². The van der Waals surface area contributed by atoms with Gasteiger partial charge in [0.1, 0.15) is 0 Å². The van der Waals surface area contributed by atoms with Gasteiger partial charge in [-0.05, 0) is 42.2 Å². The van der Waals surface area contributed by atoms with Crippen molar-refractivity contribution >= 4 is 33.5 Å². The lowest BCUT2D eigenvalue weighted by Gasteiger charge is -2.33. The summed E-state index contributed by atoms with van der Waals surface area (Å²) in [6.07, 6.45) is 3.51. The molecule has 0 spiro atoms. The number of carbonyl (C=O) groups excluding carboxylic acids is 2. The number of benzene rings is 3. The van der Waals surface area contributed by atoms with E-state index in [9.17, 15) is 9.59 Å². The Morgan fingerprint density at radius 2 is 1.64 bits per heavy atom. The third kappa shape index (κ3) is 4.70. The fourth-order valence-corrected chi connectivity index (χ4v) is 5.26. The predicted molar refractivity (Wildman–Crippen MR) is 146 cm³/mol. The molecule has 1 aliphatic rings. The summed E-state index contributed by atoms with van der Waals surface area (Å²) in [5.74, 6) is 0.222. The Morgan fingerprint density at radius 1 is 0.944 bits per heavy atom. The third-order valence-electron chi connectivity index (χ3n) is 7.37. The lowest BCUT2D eigenvalue weighted by atomic mass is 9.94. The van der Waals surface area contributed by atoms with E-state index in [0.717, 1.165) is 52.3 Å². The van der Waals surface area contributed by atoms with Gasteiger partial charge in [-0.25, -0.2) is 4.98 Å². The second kappa shape index (κ2) is 10.5. The minimum absolute atomic E-state index is 0.00339. The quantitative estimate of drug-likeness (QED) is 0.333. The molecule has 1 aliphatic heterocycles. The summed E-state index contributed by atoms with van der Waals surface area (Å²) in [4.78, 5) is 35.4. The van der Waals surface area contributed by atoms with Gasteiger partial charge < -0.3 is 9.80 Å². The predicted octanol–water partition coefficient (Wildman–Crippen LogP) is 6.17. The number of nitrogens with zero attached hydrogens (tertiary/aromatic N) is 3. The molecular formula is C31H33N3O2. The molecule has 0 saturated carbocycles. The van der Waals surface area contributed by atoms with Crippen LogP contribution in [-0.2, 0) is 4.79 Å². The maximum absolute atomic E-state index is 13.8. The lowest BCUT2D eigenvalue weighted by molar-refractivity contribution is -0.135. The molecule has 0 atom stereocenters. The van der Waals surface area contributed by atoms with E-state index in [4.69, 9.17) is 4.98 Å². The van der Waals surface area contributed by atoms with Crippen LogP contribution in [0.1, 0.15) is 43.0 Å². The molecule has 36 heavy (non-hydrogen) atoms. The minimum Gasteiger partial charge on any atom is -0.346 e. The molecule has 0 aliphatic carbocycles. The van der Waals surface area contributed by atoms with Crippen LogP contribution in [0, 0.1) is 5.92 Å². The van der Waals surface area contributed by atoms with Crippen LogP contribution in [0.5, 0.6) is 0 Å². The van der Waals surface area contributed by atoms with Crippen LogP contribution in [0.4, 0.5) is 0 Å². The van der Waals surface area contributed by atoms with E-state index in [0.29, 0.717) is 31.5 Å². The monoisotopic (exact) mass is 479 g/mol. The maximum atomic E-state index is 13.8. The molecule has 5 heteroatoms. The second-order valence-electron chi connectivity index (χ2n) is 9.78. The molecule has 2 heterocycles. The Bertz CT molecular complexity index is 1400. The molecule has 5 nitrogen and oxygen atoms in total. The van der Waals surface area contributed by atoms with Gasteiger partial charge in [0.15, 0.2) is 0 Å². The summed E-state index contributed by atoms with van der Waals surface area (Å²) in [5, 5.41) is 3.13. The molecule has 1 fully saturated rings. The highest BCUT2D eigenvalue weighted by atomic mass is 16.2. The number of para-hydroxylation sites is 1. The van der Waals surface area contributed by atoms with Crippen LogP contribution >= 0.6 is 0 Å². The van der Waals surface area contributed by atoms with Crippen molar-refractivity contribution in [1.29, 1.82) is 0 Å². The lowest BCUT2D eigenvalue weighted by Crippen LogP contribution is -2.43. The van der Waals surface area contributed by atoms with Gasteiger partial charge in [-0.3, -0.25) is 9.59 Å². The van der Waals surface area contributed by atoms with Gasteiger partial charge in [0.2, 0.25) is 5.91 Å². The Kier molecular flexibility index (Phi) is 6.99. The Labute approximate surface area is 212 Å². The molecule has 2 amide bonds. The third-order valence-corrected chi connectivity index (χ3v) is 7.37. The van der Waals surface area contributed by atoms with Crippen molar-refractivity contribution in [3.05, 3.63) is 78.4 Å². The van der Waals surface area contributed by atoms with E-state index in [2.05, 4.69) is 31.2 Å². The topological polar surface area (TPSA) is 53.5 Å². The molecular weight excluding hydrogens is 446 g/mol. The number of likely N-dealkylation sites (tertiary alicyclic amines) is 1. The molecule has 0 bridgehead atoms. The number of aromatic nitrogens is 1. The van der Waals surface area contributed by atoms with Crippen molar-refractivity contribution in [2.24, 2.45) is 5.92 Å². The first-order valence-corrected chi connectivity index (χ1v) is 13.0. The van der Waals surface area contributed by atoms with E-state index in [1.807, 2.05) is 65.4 Å². The second-order valence-corrected chi connectivity index (χ2v) is 9.78. The molecule has 5 rings (SSSR count). The molecule has 4 aromatic rings. The van der Waals surface area contributed by atoms with E-state index in [-0.39, 0.29) is 17.7 Å². The fraction of sp³-hybridized carbons (Fsp3) is 0.323. The van der Waals surface area contributed by atoms with Crippen LogP contribution in [0.15, 0.2) is 72.8 Å². The van der Waals surface area contributed by atoms with E-state index >= 15 is 0 Å². The summed E-state index contributed by atoms with van der Waals surface area (Å²) in [5.41, 5.74) is 3.31. The van der Waals surface area contributed by atoms with Gasteiger partial charge in [0.25, 0.3) is 5.91 Å². The summed E-state index contributed by atoms with van der Waals surface area (Å²) in [6.45, 7) is 4.12. The first-order valence-electron chi connectivity index (χ1n) is 13.0. The molecule has 1 aromatic heterocycles. The van der Waals surface area contributed by atoms with Crippen molar-refractivity contribution in [3.63, 3.8) is 0 Å². The van der Waals surface area contributed by atoms with Crippen molar-refractivity contribution in [1.82, 2.24) is 14.8 Å². The first kappa shape index (κ1) is 24.0. The highest BCUT2D eigenvalue weighted by Gasteiger charge is 2.30. The number of unbranched alkanes of at least 4 members (excludes halogenated alkanes) is 1. The van der Waals surface area contributed by atoms with Gasteiger partial charge in [0, 0.05) is 43.5 Å². The number of rotatable bonds is 6. The molecule has 0 N–H and O–H groups in total. The normalized spacial score (nSPS) is 14.3. The highest BCUT2D eigenvalue weighted by molar-refractivity contribution is 6.08. The highest BCUT2D eigenvalue weighted by Crippen LogP contribution is 2.31. The van der Waals surface area contributed by atoms with Gasteiger partial charge in [-0.2, -0.15) is 0 Å². The first-order chi connectivity index (χ1) is 17.6. The molecule has 0 unspecified atom stereocenters. The molecule has 184 valence electrons. The van der Waals surface area contributed by atoms with E-state index in [1.54, 1.807) is 0 Å². The number of carbonyl (C=O) groups is 2. The van der Waals surface area contributed by atoms with Crippen LogP contribution in [0.2, 0.25) is 0 Å². The zero-order valence-corrected chi connectivity index (χ0v) is 21.1. The summed E-state index contributed by atoms with van der Waals surface area (Å²) < 4.78 is 0. The van der Waals surface area contributed by atoms with Crippen LogP contribution in [0.3, 0.4) is 0 Å². The molecule has 1 saturated heterocycles. The molecule has 3 aromatic carbocycles. The van der Waals surface area contributed by atoms with E-state index < -0.39 is 0 Å². The molecule has 0 radical (unpaired) electrons. The Balaban J connectivity index is 1.43. The van der Waals surface area contributed by atoms with Crippen molar-refractivity contribution in [2.45, 2.75) is 32.6 Å². The number of piperidine rings is 1. The average Bonchev–Trinajstić information content (AvgIpc) is 2.94. The largest absolute Gasteiger partial charge is 0.346 e. The Hall–Kier alpha value is -3.73. The van der Waals surface area contributed by atoms with Crippen molar-refractivity contribution < 1.29 is 9.59 Å². The van der Waals surface area contributed by atoms with Gasteiger partial charge in [-0.15, -0.1) is 0 Å². The summed E-state index contributed by atoms with van der Waals surface area (Å²) in [6, 6.07) is 24.3. The number of hydrogen-bond donors (Lipinski definition) is 0. The smallest absolute Gasteiger partial charge is 0.254 e. The standard InChI is InChI=1S/C31H33N3O2/c1-3-4-18-33(2)30(35)23-16-19-34(20-17-23)31(36)27-21-29(32-28-15-8-7-13-26(27)28)25-14-9-11-22-10-5-6-12-24(22)25/h5-15,21,23H,3-4,16-20H2,1-2H3. The zero-order chi connectivity index (χ0) is 25.1. The zero-order valence-electron chi connectivity index (χ0n) is 21.1. The average molecular weight is 480 g/mol. The minimum atomic E-state index is -0.00339. The number of fused-ring (bicyclic) bond motifs is 2. The number of hydrogen-bond acceptors (Lipinski definition) is 3. The SMILES string of the molecule is CCCCN(C)C(=O)C1CCN(C(=O)c2cc(-c3cccc4ccccc34)nc3ccccc23)CC1. The van der Waals surface area contributed by atoms with Gasteiger partial charge in [-0.1, -0.05) is 74.0 Å². The van der Waals surface area contributed by atoms with Crippen molar-refractivity contribution in [2.75, 3.05) is 26.7 Å². The fourth-order valence-electron chi connectivity index (χ4n) is 5.26. The summed E-state index contributed by atoms with van der Waals surface area (Å²) >= 11 is 0. The maximum Gasteiger partial charge on any atom is 0.254 e. The van der Waals surface area contributed by atoms with Crippen LogP contribution < -0.4 is 0 Å². The van der Waals surface area contributed by atoms with Gasteiger partial charge in [0.05, 0.1) is 16.8 Å². The van der Waals surface area contributed by atoms with Crippen LogP contribution in [-0.4, -0.2) is 53.3 Å². The van der Waals surface area contributed by atoms with Crippen LogP contribution in [0.25, 0.3) is 32.9 Å². The Morgan fingerprint density at radius 3 is 2.42 bits per heavy atom. The number of amides is 2. The van der Waals surface area contributed by atoms with Gasteiger partial charge >= 0.3 is 0 Å². The number of pyridine rings is 1.